The van der Waals surface area contributed by atoms with Crippen LogP contribution in [0.5, 0.6) is 0 Å². The summed E-state index contributed by atoms with van der Waals surface area (Å²) < 4.78 is 0. The lowest BCUT2D eigenvalue weighted by Crippen LogP contribution is -2.07. The predicted octanol–water partition coefficient (Wildman–Crippen LogP) is 2.37. The van der Waals surface area contributed by atoms with Gasteiger partial charge in [0.1, 0.15) is 5.82 Å². The smallest absolute Gasteiger partial charge is 0.249 e. The van der Waals surface area contributed by atoms with Gasteiger partial charge in [-0.2, -0.15) is 5.10 Å². The molecule has 0 saturated carbocycles. The molecule has 0 unspecified atom stereocenters. The maximum atomic E-state index is 11.5. The number of anilines is 1. The maximum absolute atomic E-state index is 11.5. The molecule has 0 bridgehead atoms. The van der Waals surface area contributed by atoms with Crippen molar-refractivity contribution in [1.82, 2.24) is 10.2 Å². The minimum Gasteiger partial charge on any atom is -0.307 e. The van der Waals surface area contributed by atoms with Crippen molar-refractivity contribution < 1.29 is 4.79 Å². The van der Waals surface area contributed by atoms with Gasteiger partial charge >= 0.3 is 0 Å². The van der Waals surface area contributed by atoms with E-state index in [4.69, 9.17) is 0 Å². The average molecular weight is 227 g/mol. The SMILES string of the molecule is Cc1ccc(/C=C/C(=O)Nc2ccn[nH]2)cc1. The minimum absolute atomic E-state index is 0.185. The number of hydrogen-bond donors (Lipinski definition) is 2. The highest BCUT2D eigenvalue weighted by molar-refractivity contribution is 6.01. The average Bonchev–Trinajstić information content (AvgIpc) is 2.81. The quantitative estimate of drug-likeness (QED) is 0.791. The summed E-state index contributed by atoms with van der Waals surface area (Å²) in [7, 11) is 0. The molecule has 4 nitrogen and oxygen atoms in total. The van der Waals surface area contributed by atoms with Gasteiger partial charge in [-0.25, -0.2) is 0 Å². The molecule has 2 aromatic rings. The predicted molar refractivity (Wildman–Crippen MR) is 67.4 cm³/mol. The number of hydrogen-bond acceptors (Lipinski definition) is 2. The monoisotopic (exact) mass is 227 g/mol. The molecule has 0 atom stereocenters. The third-order valence-corrected chi connectivity index (χ3v) is 2.26. The van der Waals surface area contributed by atoms with Crippen LogP contribution in [0.4, 0.5) is 5.82 Å². The number of carbonyl (C=O) groups is 1. The van der Waals surface area contributed by atoms with Crippen LogP contribution in [0.15, 0.2) is 42.6 Å². The normalized spacial score (nSPS) is 10.6. The van der Waals surface area contributed by atoms with Crippen molar-refractivity contribution in [2.24, 2.45) is 0 Å². The highest BCUT2D eigenvalue weighted by atomic mass is 16.1. The van der Waals surface area contributed by atoms with Crippen LogP contribution in [0.2, 0.25) is 0 Å². The first-order chi connectivity index (χ1) is 8.24. The summed E-state index contributed by atoms with van der Waals surface area (Å²) in [6.07, 6.45) is 4.84. The Balaban J connectivity index is 1.96. The molecule has 0 aliphatic rings. The minimum atomic E-state index is -0.185. The van der Waals surface area contributed by atoms with E-state index in [2.05, 4.69) is 15.5 Å². The number of aromatic nitrogens is 2. The molecule has 0 saturated heterocycles. The van der Waals surface area contributed by atoms with Crippen molar-refractivity contribution in [3.05, 3.63) is 53.7 Å². The van der Waals surface area contributed by atoms with E-state index in [1.807, 2.05) is 31.2 Å². The molecule has 86 valence electrons. The Morgan fingerprint density at radius 2 is 2.06 bits per heavy atom. The van der Waals surface area contributed by atoms with Gasteiger partial charge in [0.25, 0.3) is 0 Å². The molecular weight excluding hydrogens is 214 g/mol. The van der Waals surface area contributed by atoms with Crippen molar-refractivity contribution >= 4 is 17.8 Å². The van der Waals surface area contributed by atoms with Gasteiger partial charge in [-0.3, -0.25) is 9.89 Å². The first kappa shape index (κ1) is 11.1. The van der Waals surface area contributed by atoms with E-state index < -0.39 is 0 Å². The van der Waals surface area contributed by atoms with Gasteiger partial charge < -0.3 is 5.32 Å². The summed E-state index contributed by atoms with van der Waals surface area (Å²) in [5.74, 6) is 0.401. The topological polar surface area (TPSA) is 57.8 Å². The molecular formula is C13H13N3O. The highest BCUT2D eigenvalue weighted by Gasteiger charge is 1.97. The van der Waals surface area contributed by atoms with Crippen LogP contribution in [0.1, 0.15) is 11.1 Å². The number of rotatable bonds is 3. The Morgan fingerprint density at radius 3 is 2.71 bits per heavy atom. The Bertz CT molecular complexity index is 512. The Labute approximate surface area is 99.4 Å². The molecule has 1 heterocycles. The largest absolute Gasteiger partial charge is 0.307 e. The van der Waals surface area contributed by atoms with E-state index in [-0.39, 0.29) is 5.91 Å². The van der Waals surface area contributed by atoms with Gasteiger partial charge in [-0.1, -0.05) is 29.8 Å². The van der Waals surface area contributed by atoms with Crippen molar-refractivity contribution in [3.63, 3.8) is 0 Å². The van der Waals surface area contributed by atoms with E-state index in [9.17, 15) is 4.79 Å². The fourth-order valence-electron chi connectivity index (χ4n) is 1.35. The van der Waals surface area contributed by atoms with E-state index in [0.29, 0.717) is 5.82 Å². The number of amides is 1. The van der Waals surface area contributed by atoms with Crippen LogP contribution in [0.3, 0.4) is 0 Å². The molecule has 1 aromatic heterocycles. The third-order valence-electron chi connectivity index (χ3n) is 2.26. The van der Waals surface area contributed by atoms with Crippen LogP contribution in [-0.4, -0.2) is 16.1 Å². The van der Waals surface area contributed by atoms with E-state index in [0.717, 1.165) is 5.56 Å². The second-order valence-corrected chi connectivity index (χ2v) is 3.70. The van der Waals surface area contributed by atoms with Gasteiger partial charge in [0.15, 0.2) is 0 Å². The lowest BCUT2D eigenvalue weighted by molar-refractivity contribution is -0.111. The van der Waals surface area contributed by atoms with Gasteiger partial charge in [0.2, 0.25) is 5.91 Å². The Kier molecular flexibility index (Phi) is 3.35. The molecule has 17 heavy (non-hydrogen) atoms. The lowest BCUT2D eigenvalue weighted by Gasteiger charge is -1.97. The second kappa shape index (κ2) is 5.12. The molecule has 0 spiro atoms. The van der Waals surface area contributed by atoms with Crippen LogP contribution >= 0.6 is 0 Å². The summed E-state index contributed by atoms with van der Waals surface area (Å²) >= 11 is 0. The standard InChI is InChI=1S/C13H13N3O/c1-10-2-4-11(5-3-10)6-7-13(17)15-12-8-9-14-16-12/h2-9H,1H3,(H2,14,15,16,17)/b7-6+. The molecule has 1 amide bonds. The molecule has 0 fully saturated rings. The van der Waals surface area contributed by atoms with E-state index >= 15 is 0 Å². The molecule has 1 aromatic carbocycles. The zero-order chi connectivity index (χ0) is 12.1. The number of nitrogens with zero attached hydrogens (tertiary/aromatic N) is 1. The highest BCUT2D eigenvalue weighted by Crippen LogP contribution is 2.05. The van der Waals surface area contributed by atoms with Crippen molar-refractivity contribution in [1.29, 1.82) is 0 Å². The van der Waals surface area contributed by atoms with Gasteiger partial charge in [0.05, 0.1) is 6.20 Å². The van der Waals surface area contributed by atoms with E-state index in [1.54, 1.807) is 18.3 Å². The number of aromatic amines is 1. The Morgan fingerprint density at radius 1 is 1.29 bits per heavy atom. The fourth-order valence-corrected chi connectivity index (χ4v) is 1.35. The van der Waals surface area contributed by atoms with E-state index in [1.165, 1.54) is 11.6 Å². The van der Waals surface area contributed by atoms with Crippen molar-refractivity contribution in [2.45, 2.75) is 6.92 Å². The molecule has 2 N–H and O–H groups in total. The summed E-state index contributed by atoms with van der Waals surface area (Å²) in [5.41, 5.74) is 2.19. The van der Waals surface area contributed by atoms with Crippen LogP contribution < -0.4 is 5.32 Å². The van der Waals surface area contributed by atoms with Gasteiger partial charge in [0, 0.05) is 12.1 Å². The number of carbonyl (C=O) groups excluding carboxylic acids is 1. The molecule has 4 heteroatoms. The first-order valence-corrected chi connectivity index (χ1v) is 5.29. The molecule has 0 radical (unpaired) electrons. The zero-order valence-corrected chi connectivity index (χ0v) is 9.47. The third kappa shape index (κ3) is 3.31. The van der Waals surface area contributed by atoms with Crippen LogP contribution in [0, 0.1) is 6.92 Å². The maximum Gasteiger partial charge on any atom is 0.249 e. The number of nitrogens with one attached hydrogen (secondary N) is 2. The van der Waals surface area contributed by atoms with Crippen molar-refractivity contribution in [3.8, 4) is 0 Å². The first-order valence-electron chi connectivity index (χ1n) is 5.29. The fraction of sp³-hybridized carbons (Fsp3) is 0.0769. The summed E-state index contributed by atoms with van der Waals surface area (Å²) in [6, 6.07) is 9.64. The number of H-pyrrole nitrogens is 1. The van der Waals surface area contributed by atoms with Gasteiger partial charge in [-0.15, -0.1) is 0 Å². The summed E-state index contributed by atoms with van der Waals surface area (Å²) in [4.78, 5) is 11.5. The second-order valence-electron chi connectivity index (χ2n) is 3.70. The lowest BCUT2D eigenvalue weighted by atomic mass is 10.1. The van der Waals surface area contributed by atoms with Crippen molar-refractivity contribution in [2.75, 3.05) is 5.32 Å². The molecule has 2 rings (SSSR count). The summed E-state index contributed by atoms with van der Waals surface area (Å²) in [5, 5.41) is 9.06. The molecule has 0 aliphatic carbocycles. The van der Waals surface area contributed by atoms with Crippen LogP contribution in [-0.2, 0) is 4.79 Å². The Hall–Kier alpha value is -2.36. The summed E-state index contributed by atoms with van der Waals surface area (Å²) in [6.45, 7) is 2.03. The zero-order valence-electron chi connectivity index (χ0n) is 9.47. The number of aryl methyl sites for hydroxylation is 1. The number of benzene rings is 1. The van der Waals surface area contributed by atoms with Gasteiger partial charge in [-0.05, 0) is 18.6 Å². The van der Waals surface area contributed by atoms with Crippen LogP contribution in [0.25, 0.3) is 6.08 Å². The molecule has 0 aliphatic heterocycles.